The number of esters is 1. The second-order valence-electron chi connectivity index (χ2n) is 3.81. The highest BCUT2D eigenvalue weighted by atomic mass is 35.5. The van der Waals surface area contributed by atoms with Crippen molar-refractivity contribution in [2.75, 3.05) is 7.11 Å². The predicted molar refractivity (Wildman–Crippen MR) is 79.3 cm³/mol. The molecule has 0 unspecified atom stereocenters. The molecule has 6 heteroatoms. The van der Waals surface area contributed by atoms with E-state index in [9.17, 15) is 4.79 Å². The second-order valence-corrected chi connectivity index (χ2v) is 5.09. The van der Waals surface area contributed by atoms with Crippen LogP contribution in [0.4, 0.5) is 0 Å². The van der Waals surface area contributed by atoms with E-state index in [1.807, 2.05) is 0 Å². The van der Waals surface area contributed by atoms with Gasteiger partial charge in [-0.2, -0.15) is 0 Å². The van der Waals surface area contributed by atoms with Crippen LogP contribution in [0.3, 0.4) is 0 Å². The second kappa shape index (κ2) is 6.35. The van der Waals surface area contributed by atoms with E-state index in [0.717, 1.165) is 0 Å². The van der Waals surface area contributed by atoms with Crippen molar-refractivity contribution in [2.45, 2.75) is 0 Å². The summed E-state index contributed by atoms with van der Waals surface area (Å²) in [5, 5.41) is 1.24. The van der Waals surface area contributed by atoms with Gasteiger partial charge >= 0.3 is 5.97 Å². The van der Waals surface area contributed by atoms with Crippen molar-refractivity contribution in [2.24, 2.45) is 0 Å². The fraction of sp³-hybridized carbons (Fsp3) is 0.0714. The first kappa shape index (κ1) is 15.0. The first-order valence-electron chi connectivity index (χ1n) is 5.52. The van der Waals surface area contributed by atoms with Crippen molar-refractivity contribution < 1.29 is 14.3 Å². The van der Waals surface area contributed by atoms with Gasteiger partial charge in [-0.1, -0.05) is 34.8 Å². The number of ether oxygens (including phenoxy) is 2. The summed E-state index contributed by atoms with van der Waals surface area (Å²) in [5.41, 5.74) is 0.205. The fourth-order valence-electron chi connectivity index (χ4n) is 1.53. The Balaban J connectivity index is 2.43. The molecule has 0 aliphatic carbocycles. The van der Waals surface area contributed by atoms with E-state index in [0.29, 0.717) is 20.8 Å². The average molecular weight is 332 g/mol. The van der Waals surface area contributed by atoms with Crippen molar-refractivity contribution in [3.63, 3.8) is 0 Å². The Morgan fingerprint density at radius 3 is 2.30 bits per heavy atom. The van der Waals surface area contributed by atoms with Crippen LogP contribution in [0, 0.1) is 0 Å². The van der Waals surface area contributed by atoms with Gasteiger partial charge in [-0.15, -0.1) is 0 Å². The number of hydrogen-bond donors (Lipinski definition) is 0. The lowest BCUT2D eigenvalue weighted by atomic mass is 10.2. The first-order chi connectivity index (χ1) is 9.51. The molecule has 104 valence electrons. The minimum absolute atomic E-state index is 0.205. The number of carbonyl (C=O) groups excluding carboxylic acids is 1. The zero-order chi connectivity index (χ0) is 14.7. The number of carbonyl (C=O) groups is 1. The SMILES string of the molecule is COC(=O)c1cc(Cl)ccc1Oc1cc(Cl)ccc1Cl. The fourth-order valence-corrected chi connectivity index (χ4v) is 2.02. The minimum atomic E-state index is -0.555. The lowest BCUT2D eigenvalue weighted by Crippen LogP contribution is -2.03. The lowest BCUT2D eigenvalue weighted by Gasteiger charge is -2.11. The highest BCUT2D eigenvalue weighted by Crippen LogP contribution is 2.34. The quantitative estimate of drug-likeness (QED) is 0.723. The van der Waals surface area contributed by atoms with E-state index in [2.05, 4.69) is 4.74 Å². The monoisotopic (exact) mass is 330 g/mol. The molecule has 0 amide bonds. The van der Waals surface area contributed by atoms with Crippen LogP contribution in [0.2, 0.25) is 15.1 Å². The third kappa shape index (κ3) is 3.37. The molecule has 0 heterocycles. The van der Waals surface area contributed by atoms with E-state index in [1.165, 1.54) is 13.2 Å². The van der Waals surface area contributed by atoms with Crippen LogP contribution in [-0.4, -0.2) is 13.1 Å². The molecular weight excluding hydrogens is 323 g/mol. The highest BCUT2D eigenvalue weighted by molar-refractivity contribution is 6.34. The number of hydrogen-bond acceptors (Lipinski definition) is 3. The van der Waals surface area contributed by atoms with E-state index in [4.69, 9.17) is 39.5 Å². The molecular formula is C14H9Cl3O3. The van der Waals surface area contributed by atoms with Crippen molar-refractivity contribution >= 4 is 40.8 Å². The van der Waals surface area contributed by atoms with Crippen LogP contribution in [0.5, 0.6) is 11.5 Å². The number of methoxy groups -OCH3 is 1. The van der Waals surface area contributed by atoms with Gasteiger partial charge in [-0.3, -0.25) is 0 Å². The van der Waals surface area contributed by atoms with E-state index < -0.39 is 5.97 Å². The summed E-state index contributed by atoms with van der Waals surface area (Å²) in [6, 6.07) is 9.42. The molecule has 0 N–H and O–H groups in total. The molecule has 0 fully saturated rings. The molecule has 0 aliphatic rings. The zero-order valence-corrected chi connectivity index (χ0v) is 12.6. The smallest absolute Gasteiger partial charge is 0.341 e. The third-order valence-electron chi connectivity index (χ3n) is 2.46. The van der Waals surface area contributed by atoms with Gasteiger partial charge in [0.2, 0.25) is 0 Å². The van der Waals surface area contributed by atoms with Gasteiger partial charge in [-0.05, 0) is 30.3 Å². The van der Waals surface area contributed by atoms with Crippen molar-refractivity contribution in [3.8, 4) is 11.5 Å². The highest BCUT2D eigenvalue weighted by Gasteiger charge is 2.15. The summed E-state index contributed by atoms with van der Waals surface area (Å²) >= 11 is 17.8. The molecule has 20 heavy (non-hydrogen) atoms. The van der Waals surface area contributed by atoms with Gasteiger partial charge < -0.3 is 9.47 Å². The van der Waals surface area contributed by atoms with Gasteiger partial charge in [0.05, 0.1) is 12.1 Å². The Kier molecular flexibility index (Phi) is 4.76. The molecule has 0 aromatic heterocycles. The summed E-state index contributed by atoms with van der Waals surface area (Å²) in [4.78, 5) is 11.7. The Morgan fingerprint density at radius 2 is 1.60 bits per heavy atom. The Bertz CT molecular complexity index is 656. The van der Waals surface area contributed by atoms with Crippen LogP contribution >= 0.6 is 34.8 Å². The van der Waals surface area contributed by atoms with Gasteiger partial charge in [0.1, 0.15) is 17.1 Å². The van der Waals surface area contributed by atoms with Gasteiger partial charge in [-0.25, -0.2) is 4.79 Å². The first-order valence-corrected chi connectivity index (χ1v) is 6.65. The summed E-state index contributed by atoms with van der Waals surface area (Å²) in [5.74, 6) is 0.0673. The lowest BCUT2D eigenvalue weighted by molar-refractivity contribution is 0.0598. The maximum atomic E-state index is 11.7. The van der Waals surface area contributed by atoms with Crippen LogP contribution in [-0.2, 0) is 4.74 Å². The molecule has 0 saturated carbocycles. The molecule has 0 spiro atoms. The summed E-state index contributed by atoms with van der Waals surface area (Å²) in [6.45, 7) is 0. The molecule has 0 radical (unpaired) electrons. The van der Waals surface area contributed by atoms with Crippen LogP contribution in [0.1, 0.15) is 10.4 Å². The Morgan fingerprint density at radius 1 is 0.950 bits per heavy atom. The topological polar surface area (TPSA) is 35.5 Å². The standard InChI is InChI=1S/C14H9Cl3O3/c1-19-14(18)10-6-8(15)3-5-12(10)20-13-7-9(16)2-4-11(13)17/h2-7H,1H3. The molecule has 3 nitrogen and oxygen atoms in total. The number of rotatable bonds is 3. The minimum Gasteiger partial charge on any atom is -0.465 e. The molecule has 0 atom stereocenters. The Labute approximate surface area is 131 Å². The van der Waals surface area contributed by atoms with Gasteiger partial charge in [0.15, 0.2) is 0 Å². The molecule has 2 aromatic carbocycles. The number of benzene rings is 2. The molecule has 0 saturated heterocycles. The Hall–Kier alpha value is -1.42. The van der Waals surface area contributed by atoms with Crippen LogP contribution < -0.4 is 4.74 Å². The molecule has 0 aliphatic heterocycles. The van der Waals surface area contributed by atoms with Crippen LogP contribution in [0.25, 0.3) is 0 Å². The largest absolute Gasteiger partial charge is 0.465 e. The third-order valence-corrected chi connectivity index (χ3v) is 3.24. The van der Waals surface area contributed by atoms with E-state index in [1.54, 1.807) is 30.3 Å². The van der Waals surface area contributed by atoms with Gasteiger partial charge in [0.25, 0.3) is 0 Å². The maximum Gasteiger partial charge on any atom is 0.341 e. The van der Waals surface area contributed by atoms with E-state index >= 15 is 0 Å². The van der Waals surface area contributed by atoms with Crippen molar-refractivity contribution in [1.82, 2.24) is 0 Å². The summed E-state index contributed by atoms with van der Waals surface area (Å²) in [7, 11) is 1.28. The summed E-state index contributed by atoms with van der Waals surface area (Å²) in [6.07, 6.45) is 0. The maximum absolute atomic E-state index is 11.7. The van der Waals surface area contributed by atoms with Gasteiger partial charge in [0, 0.05) is 16.1 Å². The molecule has 2 rings (SSSR count). The summed E-state index contributed by atoms with van der Waals surface area (Å²) < 4.78 is 10.3. The van der Waals surface area contributed by atoms with Crippen LogP contribution in [0.15, 0.2) is 36.4 Å². The average Bonchev–Trinajstić information content (AvgIpc) is 2.43. The predicted octanol–water partition coefficient (Wildman–Crippen LogP) is 5.23. The molecule has 2 aromatic rings. The van der Waals surface area contributed by atoms with Crippen molar-refractivity contribution in [3.05, 3.63) is 57.0 Å². The zero-order valence-electron chi connectivity index (χ0n) is 10.3. The van der Waals surface area contributed by atoms with E-state index in [-0.39, 0.29) is 11.3 Å². The normalized spacial score (nSPS) is 10.2. The number of halogens is 3. The van der Waals surface area contributed by atoms with Crippen molar-refractivity contribution in [1.29, 1.82) is 0 Å². The molecule has 0 bridgehead atoms.